The fraction of sp³-hybridized carbons (Fsp3) is 0.167. The molecule has 3 rings (SSSR count). The maximum Gasteiger partial charge on any atom is 0.269 e. The van der Waals surface area contributed by atoms with Crippen molar-refractivity contribution in [1.29, 1.82) is 0 Å². The van der Waals surface area contributed by atoms with Gasteiger partial charge in [0.1, 0.15) is 11.5 Å². The summed E-state index contributed by atoms with van der Waals surface area (Å²) in [6, 6.07) is 10.4. The highest BCUT2D eigenvalue weighted by atomic mass is 16.6. The Labute approximate surface area is 159 Å². The minimum absolute atomic E-state index is 0.00128. The van der Waals surface area contributed by atoms with E-state index < -0.39 is 10.8 Å². The van der Waals surface area contributed by atoms with E-state index >= 15 is 0 Å². The first-order valence-electron chi connectivity index (χ1n) is 8.09. The van der Waals surface area contributed by atoms with Crippen LogP contribution in [0.25, 0.3) is 11.4 Å². The molecule has 0 aliphatic rings. The van der Waals surface area contributed by atoms with Crippen LogP contribution in [0.5, 0.6) is 11.5 Å². The van der Waals surface area contributed by atoms with Gasteiger partial charge in [0.05, 0.1) is 31.3 Å². The number of carbonyl (C=O) groups excluding carboxylic acids is 1. The summed E-state index contributed by atoms with van der Waals surface area (Å²) in [5.74, 6) is 1.22. The number of ether oxygens (including phenoxy) is 2. The highest BCUT2D eigenvalue weighted by molar-refractivity contribution is 5.94. The average molecular weight is 384 g/mol. The first-order chi connectivity index (χ1) is 13.5. The van der Waals surface area contributed by atoms with Crippen molar-refractivity contribution in [2.45, 2.75) is 6.54 Å². The number of hydrogen-bond donors (Lipinski definition) is 1. The summed E-state index contributed by atoms with van der Waals surface area (Å²) in [7, 11) is 3.07. The fourth-order valence-corrected chi connectivity index (χ4v) is 2.41. The van der Waals surface area contributed by atoms with E-state index in [2.05, 4.69) is 15.5 Å². The summed E-state index contributed by atoms with van der Waals surface area (Å²) in [6.07, 6.45) is 0. The van der Waals surface area contributed by atoms with E-state index in [-0.39, 0.29) is 23.7 Å². The van der Waals surface area contributed by atoms with E-state index in [0.29, 0.717) is 22.9 Å². The molecule has 0 aliphatic heterocycles. The van der Waals surface area contributed by atoms with Crippen LogP contribution in [0.2, 0.25) is 0 Å². The van der Waals surface area contributed by atoms with E-state index in [1.165, 1.54) is 31.4 Å². The van der Waals surface area contributed by atoms with Crippen molar-refractivity contribution in [1.82, 2.24) is 15.5 Å². The van der Waals surface area contributed by atoms with Gasteiger partial charge in [0.2, 0.25) is 11.7 Å². The van der Waals surface area contributed by atoms with E-state index in [1.54, 1.807) is 25.3 Å². The maximum atomic E-state index is 12.1. The first kappa shape index (κ1) is 18.8. The second kappa shape index (κ2) is 8.16. The van der Waals surface area contributed by atoms with Crippen LogP contribution >= 0.6 is 0 Å². The number of rotatable bonds is 7. The van der Waals surface area contributed by atoms with Crippen molar-refractivity contribution in [3.05, 3.63) is 64.0 Å². The van der Waals surface area contributed by atoms with Crippen LogP contribution in [0.3, 0.4) is 0 Å². The lowest BCUT2D eigenvalue weighted by Crippen LogP contribution is -2.22. The van der Waals surface area contributed by atoms with Crippen molar-refractivity contribution in [3.8, 4) is 22.9 Å². The fourth-order valence-electron chi connectivity index (χ4n) is 2.41. The molecule has 0 fully saturated rings. The molecule has 0 radical (unpaired) electrons. The lowest BCUT2D eigenvalue weighted by atomic mass is 10.2. The van der Waals surface area contributed by atoms with Gasteiger partial charge in [-0.1, -0.05) is 5.16 Å². The Morgan fingerprint density at radius 3 is 2.57 bits per heavy atom. The Morgan fingerprint density at radius 1 is 1.18 bits per heavy atom. The molecule has 10 nitrogen and oxygen atoms in total. The van der Waals surface area contributed by atoms with Crippen LogP contribution in [0, 0.1) is 10.1 Å². The first-order valence-corrected chi connectivity index (χ1v) is 8.09. The molecule has 144 valence electrons. The third-order valence-electron chi connectivity index (χ3n) is 3.86. The van der Waals surface area contributed by atoms with Crippen LogP contribution in [0.15, 0.2) is 47.0 Å². The van der Waals surface area contributed by atoms with Gasteiger partial charge >= 0.3 is 0 Å². The summed E-state index contributed by atoms with van der Waals surface area (Å²) >= 11 is 0. The molecule has 1 N–H and O–H groups in total. The van der Waals surface area contributed by atoms with Crippen molar-refractivity contribution in [2.24, 2.45) is 0 Å². The standard InChI is InChI=1S/C18H16N4O6/c1-26-13-7-8-14(15(9-13)27-2)17-20-16(28-21-17)10-19-18(23)11-3-5-12(6-4-11)22(24)25/h3-9H,10H2,1-2H3,(H,19,23). The molecule has 3 aromatic rings. The number of nitrogens with one attached hydrogen (secondary N) is 1. The zero-order valence-corrected chi connectivity index (χ0v) is 15.0. The van der Waals surface area contributed by atoms with E-state index in [0.717, 1.165) is 0 Å². The largest absolute Gasteiger partial charge is 0.497 e. The number of aromatic nitrogens is 2. The number of non-ortho nitro benzene ring substituents is 1. The monoisotopic (exact) mass is 384 g/mol. The normalized spacial score (nSPS) is 10.4. The summed E-state index contributed by atoms with van der Waals surface area (Å²) in [5.41, 5.74) is 0.800. The molecular formula is C18H16N4O6. The predicted octanol–water partition coefficient (Wildman–Crippen LogP) is 2.59. The van der Waals surface area contributed by atoms with Gasteiger partial charge in [0.15, 0.2) is 0 Å². The molecule has 0 saturated heterocycles. The third-order valence-corrected chi connectivity index (χ3v) is 3.86. The van der Waals surface area contributed by atoms with Crippen LogP contribution in [0.4, 0.5) is 5.69 Å². The Balaban J connectivity index is 1.68. The van der Waals surface area contributed by atoms with Gasteiger partial charge in [0, 0.05) is 23.8 Å². The number of benzene rings is 2. The molecule has 2 aromatic carbocycles. The van der Waals surface area contributed by atoms with Gasteiger partial charge < -0.3 is 19.3 Å². The second-order valence-electron chi connectivity index (χ2n) is 5.56. The average Bonchev–Trinajstić information content (AvgIpc) is 3.20. The quantitative estimate of drug-likeness (QED) is 0.486. The molecule has 1 amide bonds. The van der Waals surface area contributed by atoms with Crippen molar-refractivity contribution >= 4 is 11.6 Å². The lowest BCUT2D eigenvalue weighted by Gasteiger charge is -2.07. The highest BCUT2D eigenvalue weighted by Gasteiger charge is 2.15. The van der Waals surface area contributed by atoms with Gasteiger partial charge in [-0.05, 0) is 24.3 Å². The van der Waals surface area contributed by atoms with E-state index in [4.69, 9.17) is 14.0 Å². The predicted molar refractivity (Wildman–Crippen MR) is 97.1 cm³/mol. The van der Waals surface area contributed by atoms with Crippen LogP contribution in [-0.4, -0.2) is 35.2 Å². The topological polar surface area (TPSA) is 130 Å². The van der Waals surface area contributed by atoms with Crippen molar-refractivity contribution in [3.63, 3.8) is 0 Å². The van der Waals surface area contributed by atoms with E-state index in [1.807, 2.05) is 0 Å². The maximum absolute atomic E-state index is 12.1. The molecule has 0 spiro atoms. The summed E-state index contributed by atoms with van der Waals surface area (Å²) in [4.78, 5) is 26.5. The number of nitrogens with zero attached hydrogens (tertiary/aromatic N) is 3. The Kier molecular flexibility index (Phi) is 5.49. The second-order valence-corrected chi connectivity index (χ2v) is 5.56. The molecule has 0 unspecified atom stereocenters. The Morgan fingerprint density at radius 2 is 1.93 bits per heavy atom. The molecule has 0 aliphatic carbocycles. The molecule has 10 heteroatoms. The third kappa shape index (κ3) is 4.06. The molecule has 0 bridgehead atoms. The smallest absolute Gasteiger partial charge is 0.269 e. The number of nitro benzene ring substituents is 1. The van der Waals surface area contributed by atoms with Crippen LogP contribution in [0.1, 0.15) is 16.2 Å². The molecule has 1 aromatic heterocycles. The van der Waals surface area contributed by atoms with Gasteiger partial charge in [-0.2, -0.15) is 4.98 Å². The SMILES string of the molecule is COc1ccc(-c2noc(CNC(=O)c3ccc([N+](=O)[O-])cc3)n2)c(OC)c1. The van der Waals surface area contributed by atoms with Gasteiger partial charge in [-0.3, -0.25) is 14.9 Å². The Bertz CT molecular complexity index is 1000. The summed E-state index contributed by atoms with van der Waals surface area (Å²) in [5, 5.41) is 17.2. The van der Waals surface area contributed by atoms with Crippen LogP contribution < -0.4 is 14.8 Å². The molecular weight excluding hydrogens is 368 g/mol. The minimum Gasteiger partial charge on any atom is -0.497 e. The van der Waals surface area contributed by atoms with Crippen LogP contribution in [-0.2, 0) is 6.54 Å². The van der Waals surface area contributed by atoms with Gasteiger partial charge in [-0.15, -0.1) is 0 Å². The summed E-state index contributed by atoms with van der Waals surface area (Å²) in [6.45, 7) is 0.00128. The van der Waals surface area contributed by atoms with E-state index in [9.17, 15) is 14.9 Å². The number of nitro groups is 1. The van der Waals surface area contributed by atoms with Gasteiger partial charge in [-0.25, -0.2) is 0 Å². The van der Waals surface area contributed by atoms with Gasteiger partial charge in [0.25, 0.3) is 11.6 Å². The highest BCUT2D eigenvalue weighted by Crippen LogP contribution is 2.31. The Hall–Kier alpha value is -3.95. The zero-order chi connectivity index (χ0) is 20.1. The molecule has 0 atom stereocenters. The molecule has 0 saturated carbocycles. The molecule has 28 heavy (non-hydrogen) atoms. The summed E-state index contributed by atoms with van der Waals surface area (Å²) < 4.78 is 15.6. The number of methoxy groups -OCH3 is 2. The van der Waals surface area contributed by atoms with Crippen molar-refractivity contribution < 1.29 is 23.7 Å². The zero-order valence-electron chi connectivity index (χ0n) is 15.0. The minimum atomic E-state index is -0.533. The van der Waals surface area contributed by atoms with Crippen molar-refractivity contribution in [2.75, 3.05) is 14.2 Å². The molecule has 1 heterocycles. The lowest BCUT2D eigenvalue weighted by molar-refractivity contribution is -0.384. The number of hydrogen-bond acceptors (Lipinski definition) is 8. The number of carbonyl (C=O) groups is 1. The number of amides is 1.